The minimum absolute atomic E-state index is 0.0615. The highest BCUT2D eigenvalue weighted by molar-refractivity contribution is 5.82. The van der Waals surface area contributed by atoms with Crippen molar-refractivity contribution >= 4 is 12.0 Å². The fourth-order valence-electron chi connectivity index (χ4n) is 2.40. The van der Waals surface area contributed by atoms with Gasteiger partial charge in [-0.05, 0) is 25.7 Å². The Bertz CT molecular complexity index is 333. The maximum atomic E-state index is 12.2. The summed E-state index contributed by atoms with van der Waals surface area (Å²) in [5.41, 5.74) is 0. The lowest BCUT2D eigenvalue weighted by atomic mass is 9.99. The Labute approximate surface area is 120 Å². The number of carbonyl (C=O) groups excluding carboxylic acids is 1. The standard InChI is InChI=1S/C14H26N2O4/c1-4-10(3)12(13(17)18)15-14(19)16-8-6-7-11(9-16)20-5-2/h10-12H,4-9H2,1-3H3,(H,15,19)(H,17,18)/t10?,11?,12-/m0/s1. The molecule has 2 amide bonds. The van der Waals surface area contributed by atoms with Gasteiger partial charge in [-0.15, -0.1) is 0 Å². The molecule has 0 aliphatic carbocycles. The molecule has 2 unspecified atom stereocenters. The average Bonchev–Trinajstić information content (AvgIpc) is 2.44. The normalized spacial score (nSPS) is 22.1. The van der Waals surface area contributed by atoms with E-state index in [0.717, 1.165) is 12.8 Å². The van der Waals surface area contributed by atoms with Crippen LogP contribution >= 0.6 is 0 Å². The van der Waals surface area contributed by atoms with E-state index in [-0.39, 0.29) is 18.1 Å². The van der Waals surface area contributed by atoms with E-state index in [9.17, 15) is 14.7 Å². The number of aliphatic carboxylic acids is 1. The average molecular weight is 286 g/mol. The van der Waals surface area contributed by atoms with E-state index in [1.807, 2.05) is 20.8 Å². The van der Waals surface area contributed by atoms with Crippen LogP contribution in [0, 0.1) is 5.92 Å². The van der Waals surface area contributed by atoms with Gasteiger partial charge in [-0.2, -0.15) is 0 Å². The molecule has 3 atom stereocenters. The molecule has 0 spiro atoms. The predicted molar refractivity (Wildman–Crippen MR) is 75.6 cm³/mol. The number of carboxylic acids is 1. The van der Waals surface area contributed by atoms with Crippen LogP contribution in [0.25, 0.3) is 0 Å². The first-order chi connectivity index (χ1) is 9.49. The number of urea groups is 1. The molecule has 1 fully saturated rings. The first-order valence-corrected chi connectivity index (χ1v) is 7.39. The van der Waals surface area contributed by atoms with E-state index in [1.54, 1.807) is 4.90 Å². The molecule has 0 aromatic carbocycles. The van der Waals surface area contributed by atoms with Crippen LogP contribution in [0.4, 0.5) is 4.79 Å². The molecule has 1 aliphatic heterocycles. The second kappa shape index (κ2) is 8.09. The van der Waals surface area contributed by atoms with Crippen LogP contribution in [0.2, 0.25) is 0 Å². The number of piperidine rings is 1. The molecule has 1 aliphatic rings. The van der Waals surface area contributed by atoms with Gasteiger partial charge in [0.05, 0.1) is 6.10 Å². The largest absolute Gasteiger partial charge is 0.480 e. The molecule has 6 nitrogen and oxygen atoms in total. The third-order valence-corrected chi connectivity index (χ3v) is 3.83. The van der Waals surface area contributed by atoms with Gasteiger partial charge in [0.1, 0.15) is 6.04 Å². The summed E-state index contributed by atoms with van der Waals surface area (Å²) in [5.74, 6) is -1.07. The van der Waals surface area contributed by atoms with Gasteiger partial charge < -0.3 is 20.1 Å². The lowest BCUT2D eigenvalue weighted by Crippen LogP contribution is -2.53. The number of amides is 2. The Morgan fingerprint density at radius 3 is 2.70 bits per heavy atom. The minimum atomic E-state index is -0.980. The van der Waals surface area contributed by atoms with Gasteiger partial charge in [-0.25, -0.2) is 9.59 Å². The van der Waals surface area contributed by atoms with Crippen molar-refractivity contribution in [2.75, 3.05) is 19.7 Å². The summed E-state index contributed by atoms with van der Waals surface area (Å²) in [4.78, 5) is 25.1. The molecule has 20 heavy (non-hydrogen) atoms. The smallest absolute Gasteiger partial charge is 0.326 e. The van der Waals surface area contributed by atoms with Gasteiger partial charge in [0.25, 0.3) is 0 Å². The van der Waals surface area contributed by atoms with Gasteiger partial charge in [0.15, 0.2) is 0 Å². The molecule has 1 rings (SSSR count). The van der Waals surface area contributed by atoms with Gasteiger partial charge in [-0.3, -0.25) is 0 Å². The van der Waals surface area contributed by atoms with Crippen LogP contribution in [-0.4, -0.2) is 53.8 Å². The van der Waals surface area contributed by atoms with Crippen molar-refractivity contribution in [3.63, 3.8) is 0 Å². The van der Waals surface area contributed by atoms with Crippen molar-refractivity contribution in [2.24, 2.45) is 5.92 Å². The van der Waals surface area contributed by atoms with Gasteiger partial charge in [0, 0.05) is 19.7 Å². The number of carbonyl (C=O) groups is 2. The molecule has 0 bridgehead atoms. The van der Waals surface area contributed by atoms with Crippen molar-refractivity contribution in [3.05, 3.63) is 0 Å². The van der Waals surface area contributed by atoms with E-state index in [1.165, 1.54) is 0 Å². The van der Waals surface area contributed by atoms with Gasteiger partial charge in [0.2, 0.25) is 0 Å². The first kappa shape index (κ1) is 16.8. The van der Waals surface area contributed by atoms with Crippen LogP contribution in [0.15, 0.2) is 0 Å². The maximum Gasteiger partial charge on any atom is 0.326 e. The van der Waals surface area contributed by atoms with Crippen LogP contribution in [0.1, 0.15) is 40.0 Å². The zero-order valence-electron chi connectivity index (χ0n) is 12.6. The number of hydrogen-bond donors (Lipinski definition) is 2. The lowest BCUT2D eigenvalue weighted by Gasteiger charge is -2.33. The van der Waals surface area contributed by atoms with Crippen molar-refractivity contribution in [2.45, 2.75) is 52.2 Å². The molecule has 0 aromatic heterocycles. The molecule has 0 radical (unpaired) electrons. The Balaban J connectivity index is 2.57. The lowest BCUT2D eigenvalue weighted by molar-refractivity contribution is -0.140. The molecular formula is C14H26N2O4. The number of nitrogens with zero attached hydrogens (tertiary/aromatic N) is 1. The Hall–Kier alpha value is -1.30. The fourth-order valence-corrected chi connectivity index (χ4v) is 2.40. The number of ether oxygens (including phenoxy) is 1. The molecule has 1 saturated heterocycles. The van der Waals surface area contributed by atoms with Gasteiger partial charge in [-0.1, -0.05) is 20.3 Å². The summed E-state index contributed by atoms with van der Waals surface area (Å²) in [6.07, 6.45) is 2.61. The quantitative estimate of drug-likeness (QED) is 0.779. The predicted octanol–water partition coefficient (Wildman–Crippen LogP) is 1.70. The minimum Gasteiger partial charge on any atom is -0.480 e. The highest BCUT2D eigenvalue weighted by Crippen LogP contribution is 2.14. The molecule has 0 aromatic rings. The van der Waals surface area contributed by atoms with Crippen LogP contribution in [-0.2, 0) is 9.53 Å². The van der Waals surface area contributed by atoms with E-state index < -0.39 is 12.0 Å². The third kappa shape index (κ3) is 4.67. The summed E-state index contributed by atoms with van der Waals surface area (Å²) in [7, 11) is 0. The Kier molecular flexibility index (Phi) is 6.78. The van der Waals surface area contributed by atoms with Crippen molar-refractivity contribution in [3.8, 4) is 0 Å². The van der Waals surface area contributed by atoms with Crippen LogP contribution < -0.4 is 5.32 Å². The van der Waals surface area contributed by atoms with Crippen molar-refractivity contribution in [1.29, 1.82) is 0 Å². The second-order valence-electron chi connectivity index (χ2n) is 5.32. The van der Waals surface area contributed by atoms with Gasteiger partial charge >= 0.3 is 12.0 Å². The van der Waals surface area contributed by atoms with Crippen molar-refractivity contribution in [1.82, 2.24) is 10.2 Å². The number of likely N-dealkylation sites (tertiary alicyclic amines) is 1. The molecule has 1 heterocycles. The number of rotatable bonds is 6. The summed E-state index contributed by atoms with van der Waals surface area (Å²) in [5, 5.41) is 11.8. The molecule has 0 saturated carbocycles. The molecule has 6 heteroatoms. The molecule has 116 valence electrons. The zero-order chi connectivity index (χ0) is 15.1. The number of hydrogen-bond acceptors (Lipinski definition) is 3. The van der Waals surface area contributed by atoms with E-state index in [2.05, 4.69) is 5.32 Å². The third-order valence-electron chi connectivity index (χ3n) is 3.83. The first-order valence-electron chi connectivity index (χ1n) is 7.39. The highest BCUT2D eigenvalue weighted by atomic mass is 16.5. The monoisotopic (exact) mass is 286 g/mol. The maximum absolute atomic E-state index is 12.2. The number of nitrogens with one attached hydrogen (secondary N) is 1. The SMILES string of the molecule is CCOC1CCCN(C(=O)N[C@H](C(=O)O)C(C)CC)C1. The Morgan fingerprint density at radius 1 is 1.45 bits per heavy atom. The van der Waals surface area contributed by atoms with E-state index >= 15 is 0 Å². The summed E-state index contributed by atoms with van der Waals surface area (Å²) < 4.78 is 5.55. The van der Waals surface area contributed by atoms with Crippen LogP contribution in [0.3, 0.4) is 0 Å². The summed E-state index contributed by atoms with van der Waals surface area (Å²) in [6, 6.07) is -1.14. The fraction of sp³-hybridized carbons (Fsp3) is 0.857. The topological polar surface area (TPSA) is 78.9 Å². The number of carboxylic acid groups (broad SMARTS) is 1. The van der Waals surface area contributed by atoms with E-state index in [4.69, 9.17) is 4.74 Å². The highest BCUT2D eigenvalue weighted by Gasteiger charge is 2.29. The summed E-state index contributed by atoms with van der Waals surface area (Å²) in [6.45, 7) is 7.50. The summed E-state index contributed by atoms with van der Waals surface area (Å²) >= 11 is 0. The van der Waals surface area contributed by atoms with E-state index in [0.29, 0.717) is 26.1 Å². The molecular weight excluding hydrogens is 260 g/mol. The van der Waals surface area contributed by atoms with Crippen molar-refractivity contribution < 1.29 is 19.4 Å². The second-order valence-corrected chi connectivity index (χ2v) is 5.32. The van der Waals surface area contributed by atoms with Crippen LogP contribution in [0.5, 0.6) is 0 Å². The Morgan fingerprint density at radius 2 is 2.15 bits per heavy atom. The zero-order valence-corrected chi connectivity index (χ0v) is 12.6. The molecule has 2 N–H and O–H groups in total.